The number of carbonyl (C=O) groups is 1. The normalized spacial score (nSPS) is 14.9. The standard InChI is InChI=1S/C17H17BrN2O2/c1-11(12-6-7-12)19-20-16(21)10-22-15-9-8-13-4-2-3-5-14(13)17(15)18/h2-5,8-9,12H,6-7,10H2,1H3,(H,20,21). The average Bonchev–Trinajstić information content (AvgIpc) is 3.37. The van der Waals surface area contributed by atoms with Gasteiger partial charge in [-0.3, -0.25) is 4.79 Å². The molecule has 1 aliphatic carbocycles. The number of nitrogens with zero attached hydrogens (tertiary/aromatic N) is 1. The Bertz CT molecular complexity index is 739. The molecule has 22 heavy (non-hydrogen) atoms. The van der Waals surface area contributed by atoms with Crippen molar-refractivity contribution in [3.63, 3.8) is 0 Å². The summed E-state index contributed by atoms with van der Waals surface area (Å²) < 4.78 is 6.44. The first-order valence-electron chi connectivity index (χ1n) is 7.28. The van der Waals surface area contributed by atoms with Gasteiger partial charge < -0.3 is 4.74 Å². The van der Waals surface area contributed by atoms with Crippen molar-refractivity contribution in [1.29, 1.82) is 0 Å². The van der Waals surface area contributed by atoms with Crippen LogP contribution in [-0.2, 0) is 4.79 Å². The number of hydrogen-bond acceptors (Lipinski definition) is 3. The lowest BCUT2D eigenvalue weighted by Crippen LogP contribution is -2.25. The van der Waals surface area contributed by atoms with Crippen molar-refractivity contribution in [3.8, 4) is 5.75 Å². The maximum absolute atomic E-state index is 11.8. The summed E-state index contributed by atoms with van der Waals surface area (Å²) in [5.74, 6) is 0.952. The van der Waals surface area contributed by atoms with Gasteiger partial charge in [0.25, 0.3) is 5.91 Å². The van der Waals surface area contributed by atoms with Gasteiger partial charge in [-0.1, -0.05) is 30.3 Å². The van der Waals surface area contributed by atoms with Crippen molar-refractivity contribution in [2.24, 2.45) is 11.0 Å². The summed E-state index contributed by atoms with van der Waals surface area (Å²) >= 11 is 3.54. The molecular weight excluding hydrogens is 344 g/mol. The number of benzene rings is 2. The van der Waals surface area contributed by atoms with E-state index >= 15 is 0 Å². The number of hydrogen-bond donors (Lipinski definition) is 1. The van der Waals surface area contributed by atoms with E-state index in [1.54, 1.807) is 0 Å². The van der Waals surface area contributed by atoms with E-state index in [2.05, 4.69) is 26.5 Å². The molecule has 5 heteroatoms. The van der Waals surface area contributed by atoms with Gasteiger partial charge in [-0.05, 0) is 58.5 Å². The van der Waals surface area contributed by atoms with E-state index in [9.17, 15) is 4.79 Å². The molecule has 1 N–H and O–H groups in total. The minimum atomic E-state index is -0.250. The largest absolute Gasteiger partial charge is 0.483 e. The fourth-order valence-electron chi connectivity index (χ4n) is 2.24. The second-order valence-electron chi connectivity index (χ2n) is 5.45. The summed E-state index contributed by atoms with van der Waals surface area (Å²) in [4.78, 5) is 11.8. The van der Waals surface area contributed by atoms with E-state index in [-0.39, 0.29) is 12.5 Å². The molecule has 0 aromatic heterocycles. The van der Waals surface area contributed by atoms with Crippen LogP contribution in [0, 0.1) is 5.92 Å². The minimum absolute atomic E-state index is 0.0572. The molecule has 0 spiro atoms. The van der Waals surface area contributed by atoms with Gasteiger partial charge in [0.2, 0.25) is 0 Å². The Kier molecular flexibility index (Phi) is 4.43. The molecule has 0 aliphatic heterocycles. The molecule has 1 fully saturated rings. The predicted molar refractivity (Wildman–Crippen MR) is 91.1 cm³/mol. The lowest BCUT2D eigenvalue weighted by Gasteiger charge is -2.09. The van der Waals surface area contributed by atoms with Crippen LogP contribution in [0.4, 0.5) is 0 Å². The smallest absolute Gasteiger partial charge is 0.277 e. The number of nitrogens with one attached hydrogen (secondary N) is 1. The zero-order valence-electron chi connectivity index (χ0n) is 12.3. The van der Waals surface area contributed by atoms with Gasteiger partial charge in [-0.2, -0.15) is 5.10 Å². The van der Waals surface area contributed by atoms with Crippen molar-refractivity contribution in [2.75, 3.05) is 6.61 Å². The Morgan fingerprint density at radius 2 is 2.09 bits per heavy atom. The molecule has 2 aromatic rings. The first-order chi connectivity index (χ1) is 10.6. The molecule has 0 bridgehead atoms. The van der Waals surface area contributed by atoms with Crippen molar-refractivity contribution in [2.45, 2.75) is 19.8 Å². The fraction of sp³-hybridized carbons (Fsp3) is 0.294. The zero-order valence-corrected chi connectivity index (χ0v) is 13.9. The van der Waals surface area contributed by atoms with Crippen molar-refractivity contribution in [3.05, 3.63) is 40.9 Å². The fourth-order valence-corrected chi connectivity index (χ4v) is 2.85. The van der Waals surface area contributed by atoms with E-state index in [0.717, 1.165) is 21.0 Å². The second-order valence-corrected chi connectivity index (χ2v) is 6.24. The molecule has 0 unspecified atom stereocenters. The number of carbonyl (C=O) groups excluding carboxylic acids is 1. The average molecular weight is 361 g/mol. The summed E-state index contributed by atoms with van der Waals surface area (Å²) in [6.07, 6.45) is 2.34. The second kappa shape index (κ2) is 6.48. The van der Waals surface area contributed by atoms with E-state index in [1.807, 2.05) is 43.3 Å². The van der Waals surface area contributed by atoms with E-state index in [4.69, 9.17) is 4.74 Å². The Morgan fingerprint density at radius 3 is 2.86 bits per heavy atom. The summed E-state index contributed by atoms with van der Waals surface area (Å²) in [6.45, 7) is 1.89. The van der Waals surface area contributed by atoms with Crippen molar-refractivity contribution in [1.82, 2.24) is 5.43 Å². The van der Waals surface area contributed by atoms with Crippen molar-refractivity contribution < 1.29 is 9.53 Å². The van der Waals surface area contributed by atoms with Gasteiger partial charge in [0, 0.05) is 5.71 Å². The monoisotopic (exact) mass is 360 g/mol. The Morgan fingerprint density at radius 1 is 1.32 bits per heavy atom. The topological polar surface area (TPSA) is 50.7 Å². The van der Waals surface area contributed by atoms with Crippen LogP contribution in [0.5, 0.6) is 5.75 Å². The van der Waals surface area contributed by atoms with Gasteiger partial charge >= 0.3 is 0 Å². The molecule has 1 saturated carbocycles. The van der Waals surface area contributed by atoms with Crippen LogP contribution in [-0.4, -0.2) is 18.2 Å². The quantitative estimate of drug-likeness (QED) is 0.649. The van der Waals surface area contributed by atoms with Gasteiger partial charge in [0.15, 0.2) is 6.61 Å². The SMILES string of the molecule is CC(=NNC(=O)COc1ccc2ccccc2c1Br)C1CC1. The van der Waals surface area contributed by atoms with Gasteiger partial charge in [-0.15, -0.1) is 0 Å². The zero-order chi connectivity index (χ0) is 15.5. The summed E-state index contributed by atoms with van der Waals surface area (Å²) in [7, 11) is 0. The highest BCUT2D eigenvalue weighted by molar-refractivity contribution is 9.10. The Hall–Kier alpha value is -1.88. The molecule has 4 nitrogen and oxygen atoms in total. The maximum atomic E-state index is 11.8. The number of rotatable bonds is 5. The number of hydrazone groups is 1. The van der Waals surface area contributed by atoms with E-state index < -0.39 is 0 Å². The van der Waals surface area contributed by atoms with Crippen LogP contribution in [0.15, 0.2) is 46.0 Å². The lowest BCUT2D eigenvalue weighted by molar-refractivity contribution is -0.123. The third kappa shape index (κ3) is 3.47. The number of ether oxygens (including phenoxy) is 1. The van der Waals surface area contributed by atoms with Crippen LogP contribution < -0.4 is 10.2 Å². The molecule has 1 aliphatic rings. The molecule has 0 heterocycles. The summed E-state index contributed by atoms with van der Waals surface area (Å²) in [5, 5.41) is 6.28. The van der Waals surface area contributed by atoms with E-state index in [0.29, 0.717) is 11.7 Å². The molecule has 0 saturated heterocycles. The minimum Gasteiger partial charge on any atom is -0.483 e. The molecule has 1 amide bonds. The Labute approximate surface area is 137 Å². The maximum Gasteiger partial charge on any atom is 0.277 e. The van der Waals surface area contributed by atoms with Crippen LogP contribution >= 0.6 is 15.9 Å². The molecular formula is C17H17BrN2O2. The van der Waals surface area contributed by atoms with Crippen LogP contribution in [0.25, 0.3) is 10.8 Å². The van der Waals surface area contributed by atoms with Crippen LogP contribution in [0.3, 0.4) is 0 Å². The van der Waals surface area contributed by atoms with Gasteiger partial charge in [0.05, 0.1) is 4.47 Å². The number of halogens is 1. The number of fused-ring (bicyclic) bond motifs is 1. The first-order valence-corrected chi connectivity index (χ1v) is 8.07. The molecule has 3 rings (SSSR count). The third-order valence-electron chi connectivity index (χ3n) is 3.71. The highest BCUT2D eigenvalue weighted by Crippen LogP contribution is 2.33. The third-order valence-corrected chi connectivity index (χ3v) is 4.53. The summed E-state index contributed by atoms with van der Waals surface area (Å²) in [6, 6.07) is 11.8. The number of amides is 1. The highest BCUT2D eigenvalue weighted by atomic mass is 79.9. The lowest BCUT2D eigenvalue weighted by atomic mass is 10.1. The van der Waals surface area contributed by atoms with Crippen LogP contribution in [0.1, 0.15) is 19.8 Å². The molecule has 114 valence electrons. The van der Waals surface area contributed by atoms with Gasteiger partial charge in [-0.25, -0.2) is 5.43 Å². The predicted octanol–water partition coefficient (Wildman–Crippen LogP) is 3.88. The summed E-state index contributed by atoms with van der Waals surface area (Å²) in [5.41, 5.74) is 3.53. The highest BCUT2D eigenvalue weighted by Gasteiger charge is 2.24. The molecule has 2 aromatic carbocycles. The van der Waals surface area contributed by atoms with Crippen LogP contribution in [0.2, 0.25) is 0 Å². The molecule has 0 radical (unpaired) electrons. The van der Waals surface area contributed by atoms with Gasteiger partial charge in [0.1, 0.15) is 5.75 Å². The van der Waals surface area contributed by atoms with Crippen molar-refractivity contribution >= 4 is 38.3 Å². The Balaban J connectivity index is 1.62. The first kappa shape index (κ1) is 15.0. The molecule has 0 atom stereocenters. The van der Waals surface area contributed by atoms with E-state index in [1.165, 1.54) is 12.8 Å².